The van der Waals surface area contributed by atoms with E-state index in [1.807, 2.05) is 12.1 Å². The van der Waals surface area contributed by atoms with E-state index in [0.717, 1.165) is 24.9 Å². The predicted molar refractivity (Wildman–Crippen MR) is 78.2 cm³/mol. The Hall–Kier alpha value is -1.09. The van der Waals surface area contributed by atoms with Crippen molar-refractivity contribution in [2.45, 2.75) is 46.6 Å². The number of hydrogen-bond acceptors (Lipinski definition) is 2. The summed E-state index contributed by atoms with van der Waals surface area (Å²) in [5, 5.41) is 3.49. The lowest BCUT2D eigenvalue weighted by Crippen LogP contribution is -2.40. The van der Waals surface area contributed by atoms with Gasteiger partial charge in [-0.25, -0.2) is 4.39 Å². The molecule has 0 aliphatic carbocycles. The summed E-state index contributed by atoms with van der Waals surface area (Å²) in [5.74, 6) is 0.0995. The van der Waals surface area contributed by atoms with Gasteiger partial charge in [0.25, 0.3) is 0 Å². The molecule has 0 amide bonds. The molecule has 0 bridgehead atoms. The van der Waals surface area contributed by atoms with Gasteiger partial charge in [0.15, 0.2) is 11.6 Å². The Labute approximate surface area is 116 Å². The third-order valence-electron chi connectivity index (χ3n) is 3.46. The van der Waals surface area contributed by atoms with Crippen molar-refractivity contribution < 1.29 is 9.13 Å². The minimum atomic E-state index is -0.228. The Morgan fingerprint density at radius 1 is 1.32 bits per heavy atom. The molecule has 0 spiro atoms. The maximum Gasteiger partial charge on any atom is 0.168 e. The second-order valence-corrected chi connectivity index (χ2v) is 5.95. The Kier molecular flexibility index (Phi) is 5.80. The molecule has 1 N–H and O–H groups in total. The van der Waals surface area contributed by atoms with Gasteiger partial charge in [0.2, 0.25) is 0 Å². The molecule has 0 aliphatic rings. The number of nitrogens with one attached hydrogen (secondary N) is 1. The molecule has 0 fully saturated rings. The minimum Gasteiger partial charge on any atom is -0.494 e. The molecule has 1 aromatic carbocycles. The number of benzene rings is 1. The molecular formula is C16H26FNO. The van der Waals surface area contributed by atoms with Crippen molar-refractivity contribution in [3.63, 3.8) is 0 Å². The zero-order valence-corrected chi connectivity index (χ0v) is 12.7. The van der Waals surface area contributed by atoms with Gasteiger partial charge in [-0.15, -0.1) is 0 Å². The fourth-order valence-electron chi connectivity index (χ4n) is 2.29. The normalized spacial score (nSPS) is 13.4. The molecule has 1 aromatic rings. The summed E-state index contributed by atoms with van der Waals surface area (Å²) < 4.78 is 19.1. The van der Waals surface area contributed by atoms with Crippen LogP contribution in [0, 0.1) is 11.2 Å². The van der Waals surface area contributed by atoms with Crippen molar-refractivity contribution in [1.29, 1.82) is 0 Å². The van der Waals surface area contributed by atoms with E-state index in [0.29, 0.717) is 11.8 Å². The van der Waals surface area contributed by atoms with E-state index in [4.69, 9.17) is 4.74 Å². The monoisotopic (exact) mass is 267 g/mol. The lowest BCUT2D eigenvalue weighted by molar-refractivity contribution is 0.257. The molecule has 0 radical (unpaired) electrons. The Morgan fingerprint density at radius 2 is 2.00 bits per heavy atom. The first-order valence-corrected chi connectivity index (χ1v) is 6.95. The molecule has 108 valence electrons. The van der Waals surface area contributed by atoms with Crippen LogP contribution in [0.3, 0.4) is 0 Å². The van der Waals surface area contributed by atoms with E-state index in [1.165, 1.54) is 7.11 Å². The Balaban J connectivity index is 2.74. The van der Waals surface area contributed by atoms with Crippen molar-refractivity contribution in [3.8, 4) is 5.75 Å². The lowest BCUT2D eigenvalue weighted by Gasteiger charge is -2.31. The molecular weight excluding hydrogens is 241 g/mol. The highest BCUT2D eigenvalue weighted by molar-refractivity contribution is 5.31. The average molecular weight is 267 g/mol. The summed E-state index contributed by atoms with van der Waals surface area (Å²) in [4.78, 5) is 0. The average Bonchev–Trinajstić information content (AvgIpc) is 2.34. The van der Waals surface area contributed by atoms with E-state index in [1.54, 1.807) is 6.07 Å². The SMILES string of the molecule is CCNC(CCc1cccc(OC)c1F)C(C)(C)C. The zero-order valence-electron chi connectivity index (χ0n) is 12.7. The zero-order chi connectivity index (χ0) is 14.5. The Morgan fingerprint density at radius 3 is 2.53 bits per heavy atom. The molecule has 0 saturated heterocycles. The summed E-state index contributed by atoms with van der Waals surface area (Å²) in [5.41, 5.74) is 0.900. The van der Waals surface area contributed by atoms with Crippen molar-refractivity contribution in [3.05, 3.63) is 29.6 Å². The molecule has 0 heterocycles. The van der Waals surface area contributed by atoms with Gasteiger partial charge in [-0.3, -0.25) is 0 Å². The maximum atomic E-state index is 14.1. The van der Waals surface area contributed by atoms with Crippen molar-refractivity contribution >= 4 is 0 Å². The van der Waals surface area contributed by atoms with Crippen LogP contribution in [0.5, 0.6) is 5.75 Å². The summed E-state index contributed by atoms with van der Waals surface area (Å²) in [6, 6.07) is 5.72. The summed E-state index contributed by atoms with van der Waals surface area (Å²) in [6.07, 6.45) is 1.64. The maximum absolute atomic E-state index is 14.1. The first-order chi connectivity index (χ1) is 8.90. The van der Waals surface area contributed by atoms with Crippen LogP contribution < -0.4 is 10.1 Å². The number of ether oxygens (including phenoxy) is 1. The van der Waals surface area contributed by atoms with Crippen LogP contribution in [0.4, 0.5) is 4.39 Å². The molecule has 0 aromatic heterocycles. The second-order valence-electron chi connectivity index (χ2n) is 5.95. The van der Waals surface area contributed by atoms with Crippen molar-refractivity contribution in [2.75, 3.05) is 13.7 Å². The van der Waals surface area contributed by atoms with Crippen LogP contribution in [-0.2, 0) is 6.42 Å². The summed E-state index contributed by atoms with van der Waals surface area (Å²) >= 11 is 0. The van der Waals surface area contributed by atoms with Gasteiger partial charge in [0, 0.05) is 6.04 Å². The van der Waals surface area contributed by atoms with Crippen LogP contribution >= 0.6 is 0 Å². The number of methoxy groups -OCH3 is 1. The molecule has 3 heteroatoms. The number of halogens is 1. The van der Waals surface area contributed by atoms with E-state index in [2.05, 4.69) is 33.0 Å². The first-order valence-electron chi connectivity index (χ1n) is 6.95. The molecule has 1 unspecified atom stereocenters. The summed E-state index contributed by atoms with van der Waals surface area (Å²) in [6.45, 7) is 9.67. The fraction of sp³-hybridized carbons (Fsp3) is 0.625. The van der Waals surface area contributed by atoms with Crippen LogP contribution in [0.1, 0.15) is 39.7 Å². The van der Waals surface area contributed by atoms with Crippen LogP contribution in [-0.4, -0.2) is 19.7 Å². The molecule has 0 saturated carbocycles. The van der Waals surface area contributed by atoms with E-state index < -0.39 is 0 Å². The van der Waals surface area contributed by atoms with Gasteiger partial charge in [-0.2, -0.15) is 0 Å². The summed E-state index contributed by atoms with van der Waals surface area (Å²) in [7, 11) is 1.50. The van der Waals surface area contributed by atoms with Gasteiger partial charge in [-0.1, -0.05) is 39.8 Å². The first kappa shape index (κ1) is 16.0. The number of rotatable bonds is 6. The third kappa shape index (κ3) is 4.50. The molecule has 1 atom stereocenters. The molecule has 2 nitrogen and oxygen atoms in total. The Bertz CT molecular complexity index is 398. The van der Waals surface area contributed by atoms with Gasteiger partial charge in [-0.05, 0) is 36.4 Å². The largest absolute Gasteiger partial charge is 0.494 e. The van der Waals surface area contributed by atoms with Gasteiger partial charge in [0.1, 0.15) is 0 Å². The highest BCUT2D eigenvalue weighted by Gasteiger charge is 2.23. The fourth-order valence-corrected chi connectivity index (χ4v) is 2.29. The second kappa shape index (κ2) is 6.90. The molecule has 1 rings (SSSR count). The van der Waals surface area contributed by atoms with E-state index in [-0.39, 0.29) is 11.2 Å². The lowest BCUT2D eigenvalue weighted by atomic mass is 9.83. The minimum absolute atomic E-state index is 0.172. The standard InChI is InChI=1S/C16H26FNO/c1-6-18-14(16(2,3)4)11-10-12-8-7-9-13(19-5)15(12)17/h7-9,14,18H,6,10-11H2,1-5H3. The van der Waals surface area contributed by atoms with Crippen LogP contribution in [0.15, 0.2) is 18.2 Å². The van der Waals surface area contributed by atoms with Crippen molar-refractivity contribution in [2.24, 2.45) is 5.41 Å². The molecule has 19 heavy (non-hydrogen) atoms. The highest BCUT2D eigenvalue weighted by Crippen LogP contribution is 2.26. The van der Waals surface area contributed by atoms with Gasteiger partial charge < -0.3 is 10.1 Å². The molecule has 0 aliphatic heterocycles. The smallest absolute Gasteiger partial charge is 0.168 e. The van der Waals surface area contributed by atoms with Crippen LogP contribution in [0.2, 0.25) is 0 Å². The van der Waals surface area contributed by atoms with E-state index in [9.17, 15) is 4.39 Å². The quantitative estimate of drug-likeness (QED) is 0.846. The highest BCUT2D eigenvalue weighted by atomic mass is 19.1. The van der Waals surface area contributed by atoms with Gasteiger partial charge in [0.05, 0.1) is 7.11 Å². The van der Waals surface area contributed by atoms with Crippen molar-refractivity contribution in [1.82, 2.24) is 5.32 Å². The number of hydrogen-bond donors (Lipinski definition) is 1. The van der Waals surface area contributed by atoms with E-state index >= 15 is 0 Å². The van der Waals surface area contributed by atoms with Crippen LogP contribution in [0.25, 0.3) is 0 Å². The third-order valence-corrected chi connectivity index (χ3v) is 3.46. The van der Waals surface area contributed by atoms with Gasteiger partial charge >= 0.3 is 0 Å². The predicted octanol–water partition coefficient (Wildman–Crippen LogP) is 3.79. The number of aryl methyl sites for hydroxylation is 1. The topological polar surface area (TPSA) is 21.3 Å².